The van der Waals surface area contributed by atoms with Crippen molar-refractivity contribution in [2.75, 3.05) is 6.61 Å². The van der Waals surface area contributed by atoms with Gasteiger partial charge in [-0.25, -0.2) is 0 Å². The summed E-state index contributed by atoms with van der Waals surface area (Å²) in [5.41, 5.74) is 0. The van der Waals surface area contributed by atoms with Crippen LogP contribution < -0.4 is 0 Å². The first-order chi connectivity index (χ1) is 12.0. The molecule has 0 saturated heterocycles. The van der Waals surface area contributed by atoms with Gasteiger partial charge in [0.05, 0.1) is 6.61 Å². The topological polar surface area (TPSA) is 26.3 Å². The van der Waals surface area contributed by atoms with Crippen molar-refractivity contribution in [1.29, 1.82) is 0 Å². The lowest BCUT2D eigenvalue weighted by molar-refractivity contribution is -0.472. The maximum absolute atomic E-state index is 13.2. The number of hydrogen-bond donors (Lipinski definition) is 0. The van der Waals surface area contributed by atoms with Crippen LogP contribution in [-0.4, -0.2) is 54.8 Å². The summed E-state index contributed by atoms with van der Waals surface area (Å²) in [4.78, 5) is 10.1. The summed E-state index contributed by atoms with van der Waals surface area (Å²) in [6.45, 7) is -1.20. The third-order valence-corrected chi connectivity index (χ3v) is 3.06. The quantitative estimate of drug-likeness (QED) is 0.354. The number of aldehydes is 1. The highest BCUT2D eigenvalue weighted by atomic mass is 19.4. The van der Waals surface area contributed by atoms with Crippen molar-refractivity contribution in [1.82, 2.24) is 0 Å². The lowest BCUT2D eigenvalue weighted by atomic mass is 9.93. The van der Waals surface area contributed by atoms with E-state index in [1.54, 1.807) is 0 Å². The summed E-state index contributed by atoms with van der Waals surface area (Å²) < 4.78 is 194. The Balaban J connectivity index is 6.28. The van der Waals surface area contributed by atoms with Gasteiger partial charge in [-0.1, -0.05) is 6.92 Å². The molecule has 1 atom stereocenters. The lowest BCUT2D eigenvalue weighted by Crippen LogP contribution is -2.72. The molecule has 1 unspecified atom stereocenters. The van der Waals surface area contributed by atoms with Crippen LogP contribution in [0.15, 0.2) is 0 Å². The molecule has 0 aliphatic rings. The van der Waals surface area contributed by atoms with Crippen molar-refractivity contribution in [2.24, 2.45) is 5.92 Å². The molecular formula is C11H7F15O2. The van der Waals surface area contributed by atoms with Gasteiger partial charge in [0, 0.05) is 5.92 Å². The van der Waals surface area contributed by atoms with Gasteiger partial charge in [-0.3, -0.25) is 0 Å². The molecule has 0 aliphatic heterocycles. The van der Waals surface area contributed by atoms with Gasteiger partial charge in [-0.05, 0) is 0 Å². The largest absolute Gasteiger partial charge is 0.460 e. The summed E-state index contributed by atoms with van der Waals surface area (Å²) in [6.07, 6.45) is -14.7. The van der Waals surface area contributed by atoms with Crippen LogP contribution >= 0.6 is 0 Å². The molecule has 0 fully saturated rings. The van der Waals surface area contributed by atoms with Crippen LogP contribution in [0.5, 0.6) is 0 Å². The van der Waals surface area contributed by atoms with Gasteiger partial charge in [0.25, 0.3) is 0 Å². The fraction of sp³-hybridized carbons (Fsp3) is 0.909. The van der Waals surface area contributed by atoms with Crippen LogP contribution in [0.2, 0.25) is 0 Å². The third-order valence-electron chi connectivity index (χ3n) is 3.06. The molecule has 0 rings (SSSR count). The van der Waals surface area contributed by atoms with E-state index < -0.39 is 54.4 Å². The van der Waals surface area contributed by atoms with Crippen LogP contribution in [0.1, 0.15) is 6.92 Å². The van der Waals surface area contributed by atoms with Gasteiger partial charge < -0.3 is 9.53 Å². The van der Waals surface area contributed by atoms with E-state index in [0.717, 1.165) is 0 Å². The zero-order valence-electron chi connectivity index (χ0n) is 12.8. The number of rotatable bonds is 9. The smallest absolute Gasteiger partial charge is 0.315 e. The lowest BCUT2D eigenvalue weighted by Gasteiger charge is -2.41. The van der Waals surface area contributed by atoms with Crippen LogP contribution in [0.3, 0.4) is 0 Å². The number of carbonyl (C=O) groups is 1. The van der Waals surface area contributed by atoms with Crippen molar-refractivity contribution in [3.8, 4) is 0 Å². The maximum Gasteiger partial charge on any atom is 0.460 e. The SMILES string of the molecule is CC(C=O)COC(F)(F)C(F)(F)C(F)(F)C(F)(F)C(F)(F)C(F)(F)C(F)(F)F. The molecule has 17 heteroatoms. The molecule has 0 saturated carbocycles. The molecule has 0 spiro atoms. The summed E-state index contributed by atoms with van der Waals surface area (Å²) in [7, 11) is 0. The number of hydrogen-bond acceptors (Lipinski definition) is 2. The summed E-state index contributed by atoms with van der Waals surface area (Å²) in [5, 5.41) is 0. The summed E-state index contributed by atoms with van der Waals surface area (Å²) in [6, 6.07) is 0. The normalized spacial score (nSPS) is 16.9. The fourth-order valence-electron chi connectivity index (χ4n) is 1.32. The zero-order valence-corrected chi connectivity index (χ0v) is 12.8. The highest BCUT2D eigenvalue weighted by Crippen LogP contribution is 2.62. The van der Waals surface area contributed by atoms with E-state index in [-0.39, 0.29) is 6.29 Å². The Kier molecular flexibility index (Phi) is 6.76. The first-order valence-electron chi connectivity index (χ1n) is 6.38. The van der Waals surface area contributed by atoms with E-state index in [4.69, 9.17) is 0 Å². The van der Waals surface area contributed by atoms with Crippen molar-refractivity contribution >= 4 is 6.29 Å². The van der Waals surface area contributed by atoms with E-state index in [2.05, 4.69) is 4.74 Å². The van der Waals surface area contributed by atoms with Crippen molar-refractivity contribution < 1.29 is 75.4 Å². The fourth-order valence-corrected chi connectivity index (χ4v) is 1.32. The van der Waals surface area contributed by atoms with Gasteiger partial charge in [-0.2, -0.15) is 65.9 Å². The van der Waals surface area contributed by atoms with Gasteiger partial charge >= 0.3 is 41.9 Å². The first kappa shape index (κ1) is 26.6. The van der Waals surface area contributed by atoms with Gasteiger partial charge in [0.15, 0.2) is 0 Å². The minimum Gasteiger partial charge on any atom is -0.315 e. The molecule has 168 valence electrons. The van der Waals surface area contributed by atoms with Crippen LogP contribution in [0, 0.1) is 5.92 Å². The number of carbonyl (C=O) groups excluding carboxylic acids is 1. The predicted octanol–water partition coefficient (Wildman–Crippen LogP) is 5.17. The summed E-state index contributed by atoms with van der Waals surface area (Å²) in [5.74, 6) is -42.3. The van der Waals surface area contributed by atoms with Gasteiger partial charge in [-0.15, -0.1) is 0 Å². The second-order valence-electron chi connectivity index (χ2n) is 5.31. The van der Waals surface area contributed by atoms with Gasteiger partial charge in [0.1, 0.15) is 6.29 Å². The highest BCUT2D eigenvalue weighted by Gasteiger charge is 2.93. The predicted molar refractivity (Wildman–Crippen MR) is 56.9 cm³/mol. The average molecular weight is 456 g/mol. The molecule has 0 bridgehead atoms. The van der Waals surface area contributed by atoms with E-state index in [1.165, 1.54) is 0 Å². The molecule has 0 aromatic rings. The van der Waals surface area contributed by atoms with Gasteiger partial charge in [0.2, 0.25) is 0 Å². The molecule has 28 heavy (non-hydrogen) atoms. The minimum absolute atomic E-state index is 0.279. The van der Waals surface area contributed by atoms with E-state index in [1.807, 2.05) is 0 Å². The van der Waals surface area contributed by atoms with Crippen molar-refractivity contribution in [3.05, 3.63) is 0 Å². The molecule has 0 aliphatic carbocycles. The first-order valence-corrected chi connectivity index (χ1v) is 6.38. The Hall–Kier alpha value is -1.42. The molecule has 0 radical (unpaired) electrons. The molecule has 2 nitrogen and oxygen atoms in total. The highest BCUT2D eigenvalue weighted by molar-refractivity contribution is 5.52. The minimum atomic E-state index is -8.36. The van der Waals surface area contributed by atoms with Crippen molar-refractivity contribution in [2.45, 2.75) is 48.8 Å². The summed E-state index contributed by atoms with van der Waals surface area (Å²) >= 11 is 0. The monoisotopic (exact) mass is 456 g/mol. The standard InChI is InChI=1S/C11H7F15O2/c1-4(2-27)3-28-11(25,26)9(20,21)7(16,17)5(12,13)6(14,15)8(18,19)10(22,23)24/h2,4H,3H2,1H3. The Bertz CT molecular complexity index is 565. The molecule has 0 aromatic heterocycles. The second kappa shape index (κ2) is 7.12. The van der Waals surface area contributed by atoms with Crippen LogP contribution in [-0.2, 0) is 9.53 Å². The molecule has 0 amide bonds. The second-order valence-corrected chi connectivity index (χ2v) is 5.31. The molecule has 0 heterocycles. The van der Waals surface area contributed by atoms with E-state index >= 15 is 0 Å². The van der Waals surface area contributed by atoms with E-state index in [0.29, 0.717) is 6.92 Å². The number of ether oxygens (including phenoxy) is 1. The number of alkyl halides is 15. The van der Waals surface area contributed by atoms with E-state index in [9.17, 15) is 70.7 Å². The maximum atomic E-state index is 13.2. The average Bonchev–Trinajstić information content (AvgIpc) is 2.50. The Morgan fingerprint density at radius 1 is 0.643 bits per heavy atom. The number of halogens is 15. The molecular weight excluding hydrogens is 449 g/mol. The Morgan fingerprint density at radius 2 is 0.964 bits per heavy atom. The zero-order chi connectivity index (χ0) is 23.2. The Morgan fingerprint density at radius 3 is 1.29 bits per heavy atom. The van der Waals surface area contributed by atoms with Crippen molar-refractivity contribution in [3.63, 3.8) is 0 Å². The molecule has 0 N–H and O–H groups in total. The third kappa shape index (κ3) is 3.72. The van der Waals surface area contributed by atoms with Crippen LogP contribution in [0.25, 0.3) is 0 Å². The van der Waals surface area contributed by atoms with Crippen LogP contribution in [0.4, 0.5) is 65.9 Å². The Labute approximate surface area is 144 Å². The molecule has 0 aromatic carbocycles.